The zero-order chi connectivity index (χ0) is 14.7. The molecule has 1 aromatic carbocycles. The van der Waals surface area contributed by atoms with E-state index < -0.39 is 0 Å². The number of aromatic nitrogens is 3. The Morgan fingerprint density at radius 1 is 1.55 bits per heavy atom. The van der Waals surface area contributed by atoms with Crippen LogP contribution in [0.5, 0.6) is 5.75 Å². The zero-order valence-corrected chi connectivity index (χ0v) is 13.1. The topological polar surface area (TPSA) is 42.8 Å². The molecule has 0 amide bonds. The van der Waals surface area contributed by atoms with Crippen molar-refractivity contribution in [2.45, 2.75) is 19.6 Å². The number of H-pyrrole nitrogens is 1. The maximum Gasteiger partial charge on any atom is 0.195 e. The summed E-state index contributed by atoms with van der Waals surface area (Å²) in [5.74, 6) is 1.18. The van der Waals surface area contributed by atoms with Crippen LogP contribution in [0.1, 0.15) is 18.9 Å². The Kier molecular flexibility index (Phi) is 4.86. The summed E-state index contributed by atoms with van der Waals surface area (Å²) in [7, 11) is 0. The maximum absolute atomic E-state index is 6.08. The van der Waals surface area contributed by atoms with Crippen molar-refractivity contribution in [1.29, 1.82) is 0 Å². The predicted octanol–water partition coefficient (Wildman–Crippen LogP) is 4.57. The summed E-state index contributed by atoms with van der Waals surface area (Å²) in [6, 6.07) is 5.06. The first-order chi connectivity index (χ1) is 9.52. The second-order valence-electron chi connectivity index (χ2n) is 4.12. The minimum absolute atomic E-state index is 0.334. The van der Waals surface area contributed by atoms with Crippen molar-refractivity contribution >= 4 is 35.4 Å². The number of nitrogens with zero attached hydrogens (tertiary/aromatic N) is 2. The Morgan fingerprint density at radius 2 is 2.30 bits per heavy atom. The quantitative estimate of drug-likeness (QED) is 0.645. The second kappa shape index (κ2) is 6.43. The number of aromatic amines is 1. The smallest absolute Gasteiger partial charge is 0.195 e. The van der Waals surface area contributed by atoms with E-state index in [1.165, 1.54) is 0 Å². The summed E-state index contributed by atoms with van der Waals surface area (Å²) in [5.41, 5.74) is 0. The number of ether oxygens (including phenoxy) is 1. The van der Waals surface area contributed by atoms with Crippen LogP contribution in [0.4, 0.5) is 0 Å². The Balaban J connectivity index is 2.28. The van der Waals surface area contributed by atoms with Gasteiger partial charge in [-0.15, -0.1) is 6.58 Å². The molecule has 2 rings (SSSR count). The van der Waals surface area contributed by atoms with Crippen LogP contribution in [0.25, 0.3) is 0 Å². The van der Waals surface area contributed by atoms with Crippen molar-refractivity contribution in [2.24, 2.45) is 0 Å². The van der Waals surface area contributed by atoms with Gasteiger partial charge < -0.3 is 4.74 Å². The van der Waals surface area contributed by atoms with Gasteiger partial charge in [-0.25, -0.2) is 0 Å². The summed E-state index contributed by atoms with van der Waals surface area (Å²) in [6.07, 6.45) is 1.41. The highest BCUT2D eigenvalue weighted by atomic mass is 35.5. The lowest BCUT2D eigenvalue weighted by atomic mass is 10.3. The molecular weight excluding hydrogens is 317 g/mol. The molecule has 0 aliphatic rings. The Hall–Kier alpha value is -1.30. The minimum atomic E-state index is -0.334. The van der Waals surface area contributed by atoms with E-state index in [4.69, 9.17) is 40.2 Å². The van der Waals surface area contributed by atoms with E-state index in [1.54, 1.807) is 24.3 Å². The summed E-state index contributed by atoms with van der Waals surface area (Å²) < 4.78 is 8.14. The molecule has 0 saturated carbocycles. The molecule has 1 atom stereocenters. The fourth-order valence-electron chi connectivity index (χ4n) is 1.76. The standard InChI is InChI=1S/C13H13Cl2N3OS/c1-3-6-18-12(16-17-13(18)20)8(2)19-11-7-9(14)4-5-10(11)15/h3-5,7-8H,1,6H2,2H3,(H,17,20)/t8-/m1/s1. The van der Waals surface area contributed by atoms with Crippen molar-refractivity contribution in [2.75, 3.05) is 0 Å². The number of hydrogen-bond acceptors (Lipinski definition) is 3. The first-order valence-corrected chi connectivity index (χ1v) is 7.07. The van der Waals surface area contributed by atoms with Gasteiger partial charge in [0.25, 0.3) is 0 Å². The van der Waals surface area contributed by atoms with Crippen molar-refractivity contribution in [3.8, 4) is 5.75 Å². The Bertz CT molecular complexity index is 680. The van der Waals surface area contributed by atoms with Gasteiger partial charge in [0.05, 0.1) is 5.02 Å². The van der Waals surface area contributed by atoms with Gasteiger partial charge in [-0.1, -0.05) is 29.3 Å². The van der Waals surface area contributed by atoms with Gasteiger partial charge in [0.2, 0.25) is 0 Å². The zero-order valence-electron chi connectivity index (χ0n) is 10.8. The largest absolute Gasteiger partial charge is 0.481 e. The molecule has 0 radical (unpaired) electrons. The van der Waals surface area contributed by atoms with Crippen molar-refractivity contribution < 1.29 is 4.74 Å². The predicted molar refractivity (Wildman–Crippen MR) is 83.1 cm³/mol. The molecule has 7 heteroatoms. The van der Waals surface area contributed by atoms with Crippen LogP contribution in [0.15, 0.2) is 30.9 Å². The molecule has 0 bridgehead atoms. The number of allylic oxidation sites excluding steroid dienone is 1. The van der Waals surface area contributed by atoms with Gasteiger partial charge in [-0.05, 0) is 31.3 Å². The highest BCUT2D eigenvalue weighted by molar-refractivity contribution is 7.71. The van der Waals surface area contributed by atoms with Crippen LogP contribution in [-0.4, -0.2) is 14.8 Å². The summed E-state index contributed by atoms with van der Waals surface area (Å²) >= 11 is 17.2. The van der Waals surface area contributed by atoms with E-state index in [1.807, 2.05) is 11.5 Å². The Morgan fingerprint density at radius 3 is 3.00 bits per heavy atom. The molecule has 1 aromatic heterocycles. The Labute approximate surface area is 132 Å². The molecule has 20 heavy (non-hydrogen) atoms. The minimum Gasteiger partial charge on any atom is -0.481 e. The van der Waals surface area contributed by atoms with Crippen LogP contribution in [-0.2, 0) is 6.54 Å². The molecule has 0 spiro atoms. The number of halogens is 2. The monoisotopic (exact) mass is 329 g/mol. The molecule has 0 fully saturated rings. The number of benzene rings is 1. The van der Waals surface area contributed by atoms with Gasteiger partial charge in [-0.3, -0.25) is 9.67 Å². The molecule has 1 N–H and O–H groups in total. The van der Waals surface area contributed by atoms with Crippen LogP contribution in [0, 0.1) is 4.77 Å². The summed E-state index contributed by atoms with van der Waals surface area (Å²) in [5, 5.41) is 7.97. The van der Waals surface area contributed by atoms with Crippen LogP contribution >= 0.6 is 35.4 Å². The first kappa shape index (κ1) is 15.1. The summed E-state index contributed by atoms with van der Waals surface area (Å²) in [6.45, 7) is 6.12. The van der Waals surface area contributed by atoms with E-state index in [2.05, 4.69) is 16.8 Å². The van der Waals surface area contributed by atoms with Crippen LogP contribution in [0.3, 0.4) is 0 Å². The summed E-state index contributed by atoms with van der Waals surface area (Å²) in [4.78, 5) is 0. The molecule has 0 aliphatic heterocycles. The highest BCUT2D eigenvalue weighted by Gasteiger charge is 2.16. The average Bonchev–Trinajstić information content (AvgIpc) is 2.76. The number of nitrogens with one attached hydrogen (secondary N) is 1. The maximum atomic E-state index is 6.08. The third kappa shape index (κ3) is 3.23. The molecule has 0 aliphatic carbocycles. The molecule has 0 unspecified atom stereocenters. The fraction of sp³-hybridized carbons (Fsp3) is 0.231. The van der Waals surface area contributed by atoms with Crippen molar-refractivity contribution in [3.05, 3.63) is 51.5 Å². The third-order valence-corrected chi connectivity index (χ3v) is 3.52. The number of hydrogen-bond donors (Lipinski definition) is 1. The average molecular weight is 330 g/mol. The van der Waals surface area contributed by atoms with E-state index >= 15 is 0 Å². The fourth-order valence-corrected chi connectivity index (χ4v) is 2.29. The number of rotatable bonds is 5. The van der Waals surface area contributed by atoms with Gasteiger partial charge in [0.15, 0.2) is 16.7 Å². The van der Waals surface area contributed by atoms with Gasteiger partial charge in [0, 0.05) is 17.6 Å². The molecule has 0 saturated heterocycles. The molecule has 4 nitrogen and oxygen atoms in total. The van der Waals surface area contributed by atoms with Crippen molar-refractivity contribution in [3.63, 3.8) is 0 Å². The lowest BCUT2D eigenvalue weighted by Crippen LogP contribution is -2.11. The molecule has 2 aromatic rings. The lowest BCUT2D eigenvalue weighted by Gasteiger charge is -2.16. The van der Waals surface area contributed by atoms with E-state index in [0.29, 0.717) is 32.9 Å². The lowest BCUT2D eigenvalue weighted by molar-refractivity contribution is 0.211. The van der Waals surface area contributed by atoms with Crippen LogP contribution < -0.4 is 4.74 Å². The van der Waals surface area contributed by atoms with E-state index in [0.717, 1.165) is 0 Å². The van der Waals surface area contributed by atoms with Gasteiger partial charge >= 0.3 is 0 Å². The van der Waals surface area contributed by atoms with E-state index in [-0.39, 0.29) is 6.10 Å². The van der Waals surface area contributed by atoms with Crippen molar-refractivity contribution in [1.82, 2.24) is 14.8 Å². The highest BCUT2D eigenvalue weighted by Crippen LogP contribution is 2.31. The molecular formula is C13H13Cl2N3OS. The van der Waals surface area contributed by atoms with Gasteiger partial charge in [-0.2, -0.15) is 5.10 Å². The van der Waals surface area contributed by atoms with Crippen LogP contribution in [0.2, 0.25) is 10.0 Å². The first-order valence-electron chi connectivity index (χ1n) is 5.90. The normalized spacial score (nSPS) is 12.2. The second-order valence-corrected chi connectivity index (χ2v) is 5.35. The van der Waals surface area contributed by atoms with E-state index in [9.17, 15) is 0 Å². The SMILES string of the molecule is C=CCn1c([C@@H](C)Oc2cc(Cl)ccc2Cl)n[nH]c1=S. The third-order valence-electron chi connectivity index (χ3n) is 2.66. The van der Waals surface area contributed by atoms with Gasteiger partial charge in [0.1, 0.15) is 5.75 Å². The molecule has 106 valence electrons. The molecule has 1 heterocycles.